The van der Waals surface area contributed by atoms with Gasteiger partial charge in [-0.15, -0.1) is 0 Å². The van der Waals surface area contributed by atoms with Crippen molar-refractivity contribution in [2.75, 3.05) is 0 Å². The molecule has 2 aromatic rings. The van der Waals surface area contributed by atoms with Crippen LogP contribution in [0.5, 0.6) is 0 Å². The molecule has 0 unspecified atom stereocenters. The lowest BCUT2D eigenvalue weighted by atomic mass is 9.83. The molecule has 3 rings (SSSR count). The third kappa shape index (κ3) is 4.27. The highest BCUT2D eigenvalue weighted by atomic mass is 16.6. The lowest BCUT2D eigenvalue weighted by Gasteiger charge is -2.35. The van der Waals surface area contributed by atoms with Crippen LogP contribution < -0.4 is 5.32 Å². The summed E-state index contributed by atoms with van der Waals surface area (Å²) in [6.45, 7) is 0.435. The predicted molar refractivity (Wildman–Crippen MR) is 96.0 cm³/mol. The molecule has 0 spiro atoms. The second kappa shape index (κ2) is 7.97. The van der Waals surface area contributed by atoms with E-state index in [1.807, 2.05) is 36.4 Å². The molecule has 2 aromatic carbocycles. The Balaban J connectivity index is 1.71. The Hall–Kier alpha value is -2.62. The number of carbonyl (C=O) groups is 2. The van der Waals surface area contributed by atoms with Gasteiger partial charge in [-0.1, -0.05) is 55.0 Å². The van der Waals surface area contributed by atoms with Crippen molar-refractivity contribution in [3.63, 3.8) is 0 Å². The molecule has 1 amide bonds. The Kier molecular flexibility index (Phi) is 5.49. The summed E-state index contributed by atoms with van der Waals surface area (Å²) in [4.78, 5) is 25.4. The van der Waals surface area contributed by atoms with E-state index in [9.17, 15) is 9.59 Å². The zero-order valence-electron chi connectivity index (χ0n) is 14.2. The van der Waals surface area contributed by atoms with E-state index < -0.39 is 11.6 Å². The summed E-state index contributed by atoms with van der Waals surface area (Å²) in [7, 11) is 0. The number of benzene rings is 2. The third-order valence-electron chi connectivity index (χ3n) is 4.67. The fourth-order valence-corrected chi connectivity index (χ4v) is 3.25. The minimum atomic E-state index is -1.06. The Bertz CT molecular complexity index is 706. The van der Waals surface area contributed by atoms with Crippen LogP contribution in [0, 0.1) is 0 Å². The fraction of sp³-hybridized carbons (Fsp3) is 0.333. The Labute approximate surface area is 148 Å². The summed E-state index contributed by atoms with van der Waals surface area (Å²) in [6.07, 6.45) is 4.00. The fourth-order valence-electron chi connectivity index (χ4n) is 3.25. The first-order chi connectivity index (χ1) is 12.2. The average molecular weight is 337 g/mol. The Morgan fingerprint density at radius 1 is 0.880 bits per heavy atom. The molecule has 0 radical (unpaired) electrons. The van der Waals surface area contributed by atoms with Gasteiger partial charge in [-0.2, -0.15) is 0 Å². The van der Waals surface area contributed by atoms with Gasteiger partial charge in [0.05, 0.1) is 5.56 Å². The lowest BCUT2D eigenvalue weighted by Crippen LogP contribution is -2.51. The minimum Gasteiger partial charge on any atom is -0.445 e. The minimum absolute atomic E-state index is 0.194. The van der Waals surface area contributed by atoms with E-state index >= 15 is 0 Å². The molecule has 1 fully saturated rings. The van der Waals surface area contributed by atoms with Gasteiger partial charge in [0, 0.05) is 6.54 Å². The second-order valence-electron chi connectivity index (χ2n) is 6.48. The number of hydrogen-bond acceptors (Lipinski definition) is 3. The average Bonchev–Trinajstić information content (AvgIpc) is 2.68. The van der Waals surface area contributed by atoms with Crippen LogP contribution in [0.3, 0.4) is 0 Å². The summed E-state index contributed by atoms with van der Waals surface area (Å²) in [6, 6.07) is 18.6. The van der Waals surface area contributed by atoms with Gasteiger partial charge in [-0.25, -0.2) is 4.79 Å². The van der Waals surface area contributed by atoms with E-state index in [-0.39, 0.29) is 5.91 Å². The molecule has 4 nitrogen and oxygen atoms in total. The summed E-state index contributed by atoms with van der Waals surface area (Å²) < 4.78 is 5.76. The molecule has 1 aliphatic rings. The highest BCUT2D eigenvalue weighted by Gasteiger charge is 2.43. The van der Waals surface area contributed by atoms with Crippen LogP contribution in [0.25, 0.3) is 0 Å². The van der Waals surface area contributed by atoms with Gasteiger partial charge >= 0.3 is 5.97 Å². The van der Waals surface area contributed by atoms with Gasteiger partial charge in [-0.3, -0.25) is 4.79 Å². The van der Waals surface area contributed by atoms with Crippen LogP contribution in [0.2, 0.25) is 0 Å². The molecule has 0 heterocycles. The molecule has 1 saturated carbocycles. The van der Waals surface area contributed by atoms with Gasteiger partial charge in [0.15, 0.2) is 5.60 Å². The smallest absolute Gasteiger partial charge is 0.339 e. The van der Waals surface area contributed by atoms with E-state index in [1.54, 1.807) is 24.3 Å². The molecule has 0 aliphatic heterocycles. The number of carbonyl (C=O) groups excluding carboxylic acids is 2. The molecule has 4 heteroatoms. The van der Waals surface area contributed by atoms with Crippen LogP contribution in [-0.4, -0.2) is 17.5 Å². The SMILES string of the molecule is O=C(OC1(C(=O)NCc2ccccc2)CCCCC1)c1ccccc1. The topological polar surface area (TPSA) is 55.4 Å². The highest BCUT2D eigenvalue weighted by Crippen LogP contribution is 2.33. The van der Waals surface area contributed by atoms with E-state index in [0.29, 0.717) is 24.9 Å². The number of ether oxygens (including phenoxy) is 1. The van der Waals surface area contributed by atoms with Gasteiger partial charge in [-0.05, 0) is 43.4 Å². The van der Waals surface area contributed by atoms with Crippen molar-refractivity contribution in [1.82, 2.24) is 5.32 Å². The van der Waals surface area contributed by atoms with Crippen molar-refractivity contribution in [2.24, 2.45) is 0 Å². The Morgan fingerprint density at radius 2 is 1.48 bits per heavy atom. The van der Waals surface area contributed by atoms with Crippen molar-refractivity contribution in [3.8, 4) is 0 Å². The molecule has 130 valence electrons. The van der Waals surface area contributed by atoms with Crippen LogP contribution >= 0.6 is 0 Å². The molecule has 1 N–H and O–H groups in total. The molecule has 0 bridgehead atoms. The van der Waals surface area contributed by atoms with Crippen molar-refractivity contribution in [1.29, 1.82) is 0 Å². The quantitative estimate of drug-likeness (QED) is 0.843. The predicted octanol–water partition coefficient (Wildman–Crippen LogP) is 3.86. The van der Waals surface area contributed by atoms with Crippen LogP contribution in [0.15, 0.2) is 60.7 Å². The summed E-state index contributed by atoms with van der Waals surface area (Å²) >= 11 is 0. The van der Waals surface area contributed by atoms with Crippen molar-refractivity contribution in [2.45, 2.75) is 44.2 Å². The van der Waals surface area contributed by atoms with Gasteiger partial charge < -0.3 is 10.1 Å². The maximum Gasteiger partial charge on any atom is 0.339 e. The maximum absolute atomic E-state index is 12.9. The first-order valence-corrected chi connectivity index (χ1v) is 8.80. The molecular weight excluding hydrogens is 314 g/mol. The van der Waals surface area contributed by atoms with E-state index in [2.05, 4.69) is 5.32 Å². The number of amides is 1. The highest BCUT2D eigenvalue weighted by molar-refractivity contribution is 5.94. The van der Waals surface area contributed by atoms with Gasteiger partial charge in [0.2, 0.25) is 0 Å². The first kappa shape index (κ1) is 17.2. The first-order valence-electron chi connectivity index (χ1n) is 8.80. The number of rotatable bonds is 5. The summed E-state index contributed by atoms with van der Waals surface area (Å²) in [5.41, 5.74) is 0.444. The number of esters is 1. The van der Waals surface area contributed by atoms with Crippen LogP contribution in [0.1, 0.15) is 48.0 Å². The molecule has 25 heavy (non-hydrogen) atoms. The Morgan fingerprint density at radius 3 is 2.12 bits per heavy atom. The monoisotopic (exact) mass is 337 g/mol. The number of hydrogen-bond donors (Lipinski definition) is 1. The normalized spacial score (nSPS) is 16.0. The van der Waals surface area contributed by atoms with E-state index in [4.69, 9.17) is 4.74 Å². The molecule has 1 aliphatic carbocycles. The van der Waals surface area contributed by atoms with Crippen LogP contribution in [0.4, 0.5) is 0 Å². The largest absolute Gasteiger partial charge is 0.445 e. The molecule has 0 aromatic heterocycles. The second-order valence-corrected chi connectivity index (χ2v) is 6.48. The summed E-state index contributed by atoms with van der Waals surface area (Å²) in [5.74, 6) is -0.627. The summed E-state index contributed by atoms with van der Waals surface area (Å²) in [5, 5.41) is 2.95. The van der Waals surface area contributed by atoms with Crippen LogP contribution in [-0.2, 0) is 16.1 Å². The molecule has 0 saturated heterocycles. The van der Waals surface area contributed by atoms with Gasteiger partial charge in [0.25, 0.3) is 5.91 Å². The van der Waals surface area contributed by atoms with Crippen molar-refractivity contribution >= 4 is 11.9 Å². The zero-order valence-corrected chi connectivity index (χ0v) is 14.2. The van der Waals surface area contributed by atoms with E-state index in [0.717, 1.165) is 24.8 Å². The molecule has 0 atom stereocenters. The third-order valence-corrected chi connectivity index (χ3v) is 4.67. The zero-order chi connectivity index (χ0) is 17.5. The van der Waals surface area contributed by atoms with Crippen molar-refractivity contribution in [3.05, 3.63) is 71.8 Å². The molecular formula is C21H23NO3. The number of nitrogens with one attached hydrogen (secondary N) is 1. The van der Waals surface area contributed by atoms with E-state index in [1.165, 1.54) is 0 Å². The lowest BCUT2D eigenvalue weighted by molar-refractivity contribution is -0.144. The van der Waals surface area contributed by atoms with Crippen molar-refractivity contribution < 1.29 is 14.3 Å². The standard InChI is InChI=1S/C21H23NO3/c23-19(18-12-6-2-7-13-18)25-21(14-8-3-9-15-21)20(24)22-16-17-10-4-1-5-11-17/h1-2,4-7,10-13H,3,8-9,14-16H2,(H,22,24). The van der Waals surface area contributed by atoms with Gasteiger partial charge in [0.1, 0.15) is 0 Å². The maximum atomic E-state index is 12.9.